The van der Waals surface area contributed by atoms with Crippen molar-refractivity contribution in [1.29, 1.82) is 5.26 Å². The molecule has 2 heteroatoms. The lowest BCUT2D eigenvalue weighted by molar-refractivity contribution is 0.216. The van der Waals surface area contributed by atoms with Crippen LogP contribution in [0.25, 0.3) is 0 Å². The second-order valence-electron chi connectivity index (χ2n) is 5.05. The van der Waals surface area contributed by atoms with Gasteiger partial charge in [-0.25, -0.2) is 0 Å². The normalized spacial score (nSPS) is 11.8. The van der Waals surface area contributed by atoms with Crippen molar-refractivity contribution in [3.63, 3.8) is 0 Å². The molecule has 0 radical (unpaired) electrons. The third-order valence-electron chi connectivity index (χ3n) is 3.44. The SMILES string of the molecule is C=CCC(C#N)N(Cc1ccccc1)Cc1ccccc1. The Bertz CT molecular complexity index is 542. The van der Waals surface area contributed by atoms with E-state index in [1.54, 1.807) is 0 Å². The molecule has 1 atom stereocenters. The molecule has 0 aliphatic heterocycles. The van der Waals surface area contributed by atoms with Crippen LogP contribution < -0.4 is 0 Å². The molecule has 0 saturated heterocycles. The van der Waals surface area contributed by atoms with Crippen LogP contribution in [0.5, 0.6) is 0 Å². The number of hydrogen-bond acceptors (Lipinski definition) is 2. The molecule has 2 aromatic rings. The fourth-order valence-electron chi connectivity index (χ4n) is 2.35. The Kier molecular flexibility index (Phi) is 5.75. The molecule has 2 aromatic carbocycles. The summed E-state index contributed by atoms with van der Waals surface area (Å²) in [4.78, 5) is 2.20. The lowest BCUT2D eigenvalue weighted by atomic mass is 10.1. The van der Waals surface area contributed by atoms with E-state index in [4.69, 9.17) is 0 Å². The highest BCUT2D eigenvalue weighted by Crippen LogP contribution is 2.15. The summed E-state index contributed by atoms with van der Waals surface area (Å²) in [6.07, 6.45) is 2.49. The van der Waals surface area contributed by atoms with E-state index in [-0.39, 0.29) is 6.04 Å². The number of nitriles is 1. The molecule has 0 aliphatic rings. The third kappa shape index (κ3) is 4.59. The van der Waals surface area contributed by atoms with Gasteiger partial charge >= 0.3 is 0 Å². The van der Waals surface area contributed by atoms with E-state index >= 15 is 0 Å². The average molecular weight is 276 g/mol. The van der Waals surface area contributed by atoms with Crippen LogP contribution in [-0.4, -0.2) is 10.9 Å². The van der Waals surface area contributed by atoms with Gasteiger partial charge in [-0.3, -0.25) is 4.90 Å². The molecular formula is C19H20N2. The summed E-state index contributed by atoms with van der Waals surface area (Å²) in [6.45, 7) is 5.30. The van der Waals surface area contributed by atoms with Crippen molar-refractivity contribution in [1.82, 2.24) is 4.90 Å². The van der Waals surface area contributed by atoms with E-state index in [2.05, 4.69) is 41.8 Å². The zero-order valence-electron chi connectivity index (χ0n) is 12.2. The highest BCUT2D eigenvalue weighted by Gasteiger charge is 2.17. The first-order chi connectivity index (χ1) is 10.3. The second-order valence-corrected chi connectivity index (χ2v) is 5.05. The molecule has 0 saturated carbocycles. The molecule has 0 bridgehead atoms. The maximum Gasteiger partial charge on any atom is 0.102 e. The van der Waals surface area contributed by atoms with Gasteiger partial charge in [0.1, 0.15) is 6.04 Å². The van der Waals surface area contributed by atoms with E-state index < -0.39 is 0 Å². The number of benzene rings is 2. The van der Waals surface area contributed by atoms with Crippen LogP contribution in [-0.2, 0) is 13.1 Å². The van der Waals surface area contributed by atoms with Crippen molar-refractivity contribution in [2.75, 3.05) is 0 Å². The van der Waals surface area contributed by atoms with E-state index in [9.17, 15) is 5.26 Å². The highest BCUT2D eigenvalue weighted by molar-refractivity contribution is 5.18. The fourth-order valence-corrected chi connectivity index (χ4v) is 2.35. The van der Waals surface area contributed by atoms with Gasteiger partial charge in [0, 0.05) is 13.1 Å². The van der Waals surface area contributed by atoms with E-state index in [0.29, 0.717) is 6.42 Å². The van der Waals surface area contributed by atoms with Crippen LogP contribution in [0.1, 0.15) is 17.5 Å². The number of rotatable bonds is 7. The first-order valence-corrected chi connectivity index (χ1v) is 7.16. The molecule has 0 fully saturated rings. The summed E-state index contributed by atoms with van der Waals surface area (Å²) in [5, 5.41) is 9.44. The Hall–Kier alpha value is -2.37. The van der Waals surface area contributed by atoms with E-state index in [1.165, 1.54) is 11.1 Å². The van der Waals surface area contributed by atoms with E-state index in [0.717, 1.165) is 13.1 Å². The molecule has 0 amide bonds. The predicted octanol–water partition coefficient (Wildman–Crippen LogP) is 4.16. The van der Waals surface area contributed by atoms with Crippen molar-refractivity contribution in [3.8, 4) is 6.07 Å². The number of nitrogens with zero attached hydrogens (tertiary/aromatic N) is 2. The molecular weight excluding hydrogens is 256 g/mol. The molecule has 1 unspecified atom stereocenters. The van der Waals surface area contributed by atoms with Crippen LogP contribution in [0.4, 0.5) is 0 Å². The average Bonchev–Trinajstić information content (AvgIpc) is 2.54. The van der Waals surface area contributed by atoms with Gasteiger partial charge in [-0.2, -0.15) is 5.26 Å². The first kappa shape index (κ1) is 15.0. The minimum atomic E-state index is -0.150. The molecule has 0 aromatic heterocycles. The smallest absolute Gasteiger partial charge is 0.102 e. The van der Waals surface area contributed by atoms with Crippen LogP contribution in [0.2, 0.25) is 0 Å². The summed E-state index contributed by atoms with van der Waals surface area (Å²) in [5.41, 5.74) is 2.44. The highest BCUT2D eigenvalue weighted by atomic mass is 15.1. The Labute approximate surface area is 127 Å². The Morgan fingerprint density at radius 3 is 1.81 bits per heavy atom. The van der Waals surface area contributed by atoms with Crippen molar-refractivity contribution in [2.24, 2.45) is 0 Å². The van der Waals surface area contributed by atoms with Gasteiger partial charge < -0.3 is 0 Å². The second kappa shape index (κ2) is 8.04. The molecule has 21 heavy (non-hydrogen) atoms. The Morgan fingerprint density at radius 2 is 1.43 bits per heavy atom. The van der Waals surface area contributed by atoms with Gasteiger partial charge in [-0.1, -0.05) is 66.7 Å². The van der Waals surface area contributed by atoms with Gasteiger partial charge in [0.15, 0.2) is 0 Å². The predicted molar refractivity (Wildman–Crippen MR) is 86.3 cm³/mol. The van der Waals surface area contributed by atoms with Gasteiger partial charge in [0.25, 0.3) is 0 Å². The van der Waals surface area contributed by atoms with Crippen LogP contribution in [0.15, 0.2) is 73.3 Å². The fraction of sp³-hybridized carbons (Fsp3) is 0.211. The Balaban J connectivity index is 2.17. The molecule has 0 spiro atoms. The lowest BCUT2D eigenvalue weighted by Crippen LogP contribution is -2.33. The van der Waals surface area contributed by atoms with Gasteiger partial charge in [0.2, 0.25) is 0 Å². The molecule has 2 nitrogen and oxygen atoms in total. The minimum absolute atomic E-state index is 0.150. The quantitative estimate of drug-likeness (QED) is 0.710. The maximum atomic E-state index is 9.44. The van der Waals surface area contributed by atoms with E-state index in [1.807, 2.05) is 42.5 Å². The maximum absolute atomic E-state index is 9.44. The molecule has 0 heterocycles. The van der Waals surface area contributed by atoms with Gasteiger partial charge in [-0.15, -0.1) is 6.58 Å². The lowest BCUT2D eigenvalue weighted by Gasteiger charge is -2.26. The molecule has 106 valence electrons. The molecule has 0 N–H and O–H groups in total. The van der Waals surface area contributed by atoms with Gasteiger partial charge in [0.05, 0.1) is 6.07 Å². The Morgan fingerprint density at radius 1 is 0.952 bits per heavy atom. The number of hydrogen-bond donors (Lipinski definition) is 0. The monoisotopic (exact) mass is 276 g/mol. The summed E-state index contributed by atoms with van der Waals surface area (Å²) in [7, 11) is 0. The molecule has 2 rings (SSSR count). The summed E-state index contributed by atoms with van der Waals surface area (Å²) in [5.74, 6) is 0. The first-order valence-electron chi connectivity index (χ1n) is 7.16. The van der Waals surface area contributed by atoms with Crippen molar-refractivity contribution >= 4 is 0 Å². The van der Waals surface area contributed by atoms with Crippen molar-refractivity contribution < 1.29 is 0 Å². The van der Waals surface area contributed by atoms with Crippen molar-refractivity contribution in [2.45, 2.75) is 25.6 Å². The topological polar surface area (TPSA) is 27.0 Å². The largest absolute Gasteiger partial charge is 0.279 e. The summed E-state index contributed by atoms with van der Waals surface area (Å²) < 4.78 is 0. The minimum Gasteiger partial charge on any atom is -0.279 e. The standard InChI is InChI=1S/C19H20N2/c1-2-9-19(14-20)21(15-17-10-5-3-6-11-17)16-18-12-7-4-8-13-18/h2-8,10-13,19H,1,9,15-16H2. The van der Waals surface area contributed by atoms with Crippen LogP contribution >= 0.6 is 0 Å². The zero-order chi connectivity index (χ0) is 14.9. The van der Waals surface area contributed by atoms with Crippen molar-refractivity contribution in [3.05, 3.63) is 84.4 Å². The zero-order valence-corrected chi connectivity index (χ0v) is 12.2. The van der Waals surface area contributed by atoms with Gasteiger partial charge in [-0.05, 0) is 17.5 Å². The molecule has 0 aliphatic carbocycles. The van der Waals surface area contributed by atoms with Crippen LogP contribution in [0, 0.1) is 11.3 Å². The van der Waals surface area contributed by atoms with Crippen LogP contribution in [0.3, 0.4) is 0 Å². The summed E-state index contributed by atoms with van der Waals surface area (Å²) in [6, 6.07) is 22.8. The third-order valence-corrected chi connectivity index (χ3v) is 3.44. The summed E-state index contributed by atoms with van der Waals surface area (Å²) >= 11 is 0.